The lowest BCUT2D eigenvalue weighted by atomic mass is 10.1. The molecule has 2 amide bonds. The number of anilines is 1. The fourth-order valence-corrected chi connectivity index (χ4v) is 2.38. The minimum atomic E-state index is -0.153. The van der Waals surface area contributed by atoms with Crippen LogP contribution >= 0.6 is 0 Å². The third kappa shape index (κ3) is 4.43. The van der Waals surface area contributed by atoms with Gasteiger partial charge < -0.3 is 15.5 Å². The molecule has 0 saturated carbocycles. The summed E-state index contributed by atoms with van der Waals surface area (Å²) >= 11 is 0. The zero-order chi connectivity index (χ0) is 17.5. The molecule has 1 unspecified atom stereocenters. The van der Waals surface area contributed by atoms with E-state index in [4.69, 9.17) is 0 Å². The van der Waals surface area contributed by atoms with Gasteiger partial charge in [-0.3, -0.25) is 9.59 Å². The monoisotopic (exact) mass is 325 g/mol. The van der Waals surface area contributed by atoms with Gasteiger partial charge >= 0.3 is 0 Å². The number of amides is 2. The van der Waals surface area contributed by atoms with Crippen LogP contribution in [-0.2, 0) is 4.79 Å². The van der Waals surface area contributed by atoms with Crippen molar-refractivity contribution in [2.45, 2.75) is 13.0 Å². The van der Waals surface area contributed by atoms with Crippen molar-refractivity contribution in [1.82, 2.24) is 10.2 Å². The third-order valence-electron chi connectivity index (χ3n) is 3.97. The van der Waals surface area contributed by atoms with E-state index in [0.717, 1.165) is 5.56 Å². The summed E-state index contributed by atoms with van der Waals surface area (Å²) in [7, 11) is 3.52. The van der Waals surface area contributed by atoms with Gasteiger partial charge in [0.15, 0.2) is 0 Å². The molecule has 0 aliphatic rings. The number of hydrogen-bond acceptors (Lipinski definition) is 3. The van der Waals surface area contributed by atoms with Crippen molar-refractivity contribution in [1.29, 1.82) is 0 Å². The fraction of sp³-hybridized carbons (Fsp3) is 0.263. The van der Waals surface area contributed by atoms with Crippen molar-refractivity contribution in [3.63, 3.8) is 0 Å². The third-order valence-corrected chi connectivity index (χ3v) is 3.97. The van der Waals surface area contributed by atoms with Crippen LogP contribution in [0.25, 0.3) is 0 Å². The molecule has 2 aromatic carbocycles. The first-order valence-electron chi connectivity index (χ1n) is 7.89. The summed E-state index contributed by atoms with van der Waals surface area (Å²) in [5.74, 6) is -0.135. The highest BCUT2D eigenvalue weighted by Crippen LogP contribution is 2.22. The van der Waals surface area contributed by atoms with Gasteiger partial charge in [0, 0.05) is 18.3 Å². The zero-order valence-electron chi connectivity index (χ0n) is 14.2. The van der Waals surface area contributed by atoms with E-state index < -0.39 is 0 Å². The van der Waals surface area contributed by atoms with Crippen molar-refractivity contribution in [2.24, 2.45) is 0 Å². The summed E-state index contributed by atoms with van der Waals surface area (Å²) in [4.78, 5) is 25.9. The second-order valence-corrected chi connectivity index (χ2v) is 5.66. The highest BCUT2D eigenvalue weighted by molar-refractivity contribution is 6.04. The number of carbonyl (C=O) groups excluding carboxylic acids is 2. The maximum atomic E-state index is 12.2. The molecule has 5 heteroatoms. The van der Waals surface area contributed by atoms with E-state index in [9.17, 15) is 9.59 Å². The lowest BCUT2D eigenvalue weighted by Crippen LogP contribution is -2.35. The Kier molecular flexibility index (Phi) is 6.09. The molecule has 0 spiro atoms. The van der Waals surface area contributed by atoms with Crippen LogP contribution < -0.4 is 10.6 Å². The predicted molar refractivity (Wildman–Crippen MR) is 95.9 cm³/mol. The van der Waals surface area contributed by atoms with E-state index in [1.54, 1.807) is 31.1 Å². The van der Waals surface area contributed by atoms with E-state index in [1.807, 2.05) is 49.4 Å². The van der Waals surface area contributed by atoms with E-state index >= 15 is 0 Å². The minimum absolute atomic E-state index is 0.0173. The van der Waals surface area contributed by atoms with Crippen molar-refractivity contribution < 1.29 is 9.59 Å². The maximum Gasteiger partial charge on any atom is 0.255 e. The molecule has 0 saturated heterocycles. The SMILES string of the molecule is CNCC(=O)N(C)C(C)c1cccc(NC(=O)c2ccccc2)c1. The van der Waals surface area contributed by atoms with Crippen LogP contribution in [0.15, 0.2) is 54.6 Å². The number of nitrogens with zero attached hydrogens (tertiary/aromatic N) is 1. The number of nitrogens with one attached hydrogen (secondary N) is 2. The Morgan fingerprint density at radius 3 is 2.46 bits per heavy atom. The summed E-state index contributed by atoms with van der Waals surface area (Å²) in [6.07, 6.45) is 0. The second-order valence-electron chi connectivity index (χ2n) is 5.66. The number of rotatable bonds is 6. The van der Waals surface area contributed by atoms with E-state index in [2.05, 4.69) is 10.6 Å². The van der Waals surface area contributed by atoms with Crippen molar-refractivity contribution >= 4 is 17.5 Å². The summed E-state index contributed by atoms with van der Waals surface area (Å²) in [5, 5.41) is 5.75. The molecule has 2 rings (SSSR count). The molecular weight excluding hydrogens is 302 g/mol. The highest BCUT2D eigenvalue weighted by atomic mass is 16.2. The molecule has 1 atom stereocenters. The Morgan fingerprint density at radius 1 is 1.08 bits per heavy atom. The smallest absolute Gasteiger partial charge is 0.255 e. The fourth-order valence-electron chi connectivity index (χ4n) is 2.38. The molecule has 0 aliphatic carbocycles. The highest BCUT2D eigenvalue weighted by Gasteiger charge is 2.17. The Labute approximate surface area is 142 Å². The molecule has 0 aliphatic heterocycles. The number of likely N-dealkylation sites (N-methyl/N-ethyl adjacent to an activating group) is 2. The Hall–Kier alpha value is -2.66. The van der Waals surface area contributed by atoms with Crippen LogP contribution in [0.5, 0.6) is 0 Å². The average molecular weight is 325 g/mol. The molecular formula is C19H23N3O2. The van der Waals surface area contributed by atoms with E-state index in [0.29, 0.717) is 17.8 Å². The average Bonchev–Trinajstić information content (AvgIpc) is 2.61. The van der Waals surface area contributed by atoms with Crippen LogP contribution in [0.1, 0.15) is 28.9 Å². The molecule has 0 aromatic heterocycles. The van der Waals surface area contributed by atoms with Gasteiger partial charge in [-0.15, -0.1) is 0 Å². The Bertz CT molecular complexity index is 701. The Balaban J connectivity index is 2.11. The number of hydrogen-bond donors (Lipinski definition) is 2. The maximum absolute atomic E-state index is 12.2. The van der Waals surface area contributed by atoms with E-state index in [-0.39, 0.29) is 17.9 Å². The van der Waals surface area contributed by atoms with Crippen LogP contribution in [0.4, 0.5) is 5.69 Å². The van der Waals surface area contributed by atoms with E-state index in [1.165, 1.54) is 0 Å². The first-order valence-corrected chi connectivity index (χ1v) is 7.89. The number of benzene rings is 2. The standard InChI is InChI=1S/C19H23N3O2/c1-14(22(3)18(23)13-20-2)16-10-7-11-17(12-16)21-19(24)15-8-5-4-6-9-15/h4-12,14,20H,13H2,1-3H3,(H,21,24). The molecule has 0 fully saturated rings. The largest absolute Gasteiger partial charge is 0.338 e. The summed E-state index contributed by atoms with van der Waals surface area (Å²) < 4.78 is 0. The van der Waals surface area contributed by atoms with Crippen LogP contribution in [0, 0.1) is 0 Å². The van der Waals surface area contributed by atoms with Gasteiger partial charge in [-0.1, -0.05) is 30.3 Å². The van der Waals surface area contributed by atoms with Gasteiger partial charge in [-0.2, -0.15) is 0 Å². The first kappa shape index (κ1) is 17.7. The van der Waals surface area contributed by atoms with Crippen LogP contribution in [0.2, 0.25) is 0 Å². The summed E-state index contributed by atoms with van der Waals surface area (Å²) in [5.41, 5.74) is 2.28. The van der Waals surface area contributed by atoms with Crippen molar-refractivity contribution in [3.05, 3.63) is 65.7 Å². The first-order chi connectivity index (χ1) is 11.5. The normalized spacial score (nSPS) is 11.6. The molecule has 2 aromatic rings. The number of carbonyl (C=O) groups is 2. The molecule has 126 valence electrons. The molecule has 0 bridgehead atoms. The van der Waals surface area contributed by atoms with Gasteiger partial charge in [0.1, 0.15) is 0 Å². The quantitative estimate of drug-likeness (QED) is 0.858. The van der Waals surface area contributed by atoms with Gasteiger partial charge in [0.05, 0.1) is 12.6 Å². The van der Waals surface area contributed by atoms with Crippen LogP contribution in [0.3, 0.4) is 0 Å². The van der Waals surface area contributed by atoms with Gasteiger partial charge in [-0.25, -0.2) is 0 Å². The minimum Gasteiger partial charge on any atom is -0.338 e. The molecule has 5 nitrogen and oxygen atoms in total. The second kappa shape index (κ2) is 8.26. The van der Waals surface area contributed by atoms with Crippen molar-refractivity contribution in [2.75, 3.05) is 26.0 Å². The molecule has 24 heavy (non-hydrogen) atoms. The topological polar surface area (TPSA) is 61.4 Å². The lowest BCUT2D eigenvalue weighted by Gasteiger charge is -2.25. The van der Waals surface area contributed by atoms with Crippen LogP contribution in [-0.4, -0.2) is 37.4 Å². The summed E-state index contributed by atoms with van der Waals surface area (Å²) in [6.45, 7) is 2.26. The molecule has 2 N–H and O–H groups in total. The predicted octanol–water partition coefficient (Wildman–Crippen LogP) is 2.68. The van der Waals surface area contributed by atoms with Gasteiger partial charge in [0.25, 0.3) is 5.91 Å². The Morgan fingerprint density at radius 2 is 1.79 bits per heavy atom. The van der Waals surface area contributed by atoms with Crippen molar-refractivity contribution in [3.8, 4) is 0 Å². The van der Waals surface area contributed by atoms with Gasteiger partial charge in [0.2, 0.25) is 5.91 Å². The molecule has 0 radical (unpaired) electrons. The zero-order valence-corrected chi connectivity index (χ0v) is 14.2. The molecule has 0 heterocycles. The summed E-state index contributed by atoms with van der Waals surface area (Å²) in [6, 6.07) is 16.6. The van der Waals surface area contributed by atoms with Gasteiger partial charge in [-0.05, 0) is 43.8 Å². The lowest BCUT2D eigenvalue weighted by molar-refractivity contribution is -0.130.